The van der Waals surface area contributed by atoms with Crippen LogP contribution in [0.5, 0.6) is 0 Å². The number of carbonyl (C=O) groups is 2. The number of hydrogen-bond acceptors (Lipinski definition) is 2. The van der Waals surface area contributed by atoms with Crippen LogP contribution >= 0.6 is 11.6 Å². The Balaban J connectivity index is 1.93. The Morgan fingerprint density at radius 3 is 2.48 bits per heavy atom. The summed E-state index contributed by atoms with van der Waals surface area (Å²) in [5, 5.41) is 3.36. The largest absolute Gasteiger partial charge is 0.354 e. The molecule has 2 aromatic carbocycles. The van der Waals surface area contributed by atoms with E-state index in [1.165, 1.54) is 19.1 Å². The van der Waals surface area contributed by atoms with Crippen LogP contribution < -0.4 is 10.2 Å². The summed E-state index contributed by atoms with van der Waals surface area (Å²) in [6.45, 7) is 3.97. The molecule has 0 saturated heterocycles. The molecule has 2 aromatic rings. The zero-order valence-corrected chi connectivity index (χ0v) is 14.9. The highest BCUT2D eigenvalue weighted by molar-refractivity contribution is 6.31. The van der Waals surface area contributed by atoms with Gasteiger partial charge in [0.05, 0.1) is 6.42 Å². The van der Waals surface area contributed by atoms with E-state index in [1.807, 2.05) is 13.0 Å². The van der Waals surface area contributed by atoms with E-state index in [0.29, 0.717) is 18.1 Å². The molecule has 2 rings (SSSR count). The van der Waals surface area contributed by atoms with Crippen molar-refractivity contribution < 1.29 is 14.0 Å². The molecule has 0 aliphatic carbocycles. The number of amides is 2. The van der Waals surface area contributed by atoms with Gasteiger partial charge in [-0.2, -0.15) is 0 Å². The normalized spacial score (nSPS) is 10.4. The van der Waals surface area contributed by atoms with Crippen molar-refractivity contribution in [2.24, 2.45) is 0 Å². The fraction of sp³-hybridized carbons (Fsp3) is 0.263. The lowest BCUT2D eigenvalue weighted by atomic mass is 10.1. The van der Waals surface area contributed by atoms with Gasteiger partial charge in [-0.1, -0.05) is 29.8 Å². The third-order valence-electron chi connectivity index (χ3n) is 3.85. The van der Waals surface area contributed by atoms with E-state index in [9.17, 15) is 14.0 Å². The van der Waals surface area contributed by atoms with Gasteiger partial charge in [0.1, 0.15) is 5.82 Å². The van der Waals surface area contributed by atoms with E-state index in [0.717, 1.165) is 16.8 Å². The molecule has 6 heteroatoms. The van der Waals surface area contributed by atoms with Crippen molar-refractivity contribution in [1.29, 1.82) is 0 Å². The molecule has 0 aliphatic heterocycles. The van der Waals surface area contributed by atoms with Crippen LogP contribution in [-0.2, 0) is 16.0 Å². The first-order valence-electron chi connectivity index (χ1n) is 7.93. The third kappa shape index (κ3) is 5.29. The Morgan fingerprint density at radius 1 is 1.16 bits per heavy atom. The van der Waals surface area contributed by atoms with E-state index in [2.05, 4.69) is 5.32 Å². The Morgan fingerprint density at radius 2 is 1.84 bits per heavy atom. The second-order valence-electron chi connectivity index (χ2n) is 5.71. The summed E-state index contributed by atoms with van der Waals surface area (Å²) in [5.41, 5.74) is 2.28. The quantitative estimate of drug-likeness (QED) is 0.855. The van der Waals surface area contributed by atoms with Crippen LogP contribution in [-0.4, -0.2) is 24.9 Å². The van der Waals surface area contributed by atoms with E-state index in [4.69, 9.17) is 11.6 Å². The minimum Gasteiger partial charge on any atom is -0.354 e. The van der Waals surface area contributed by atoms with Gasteiger partial charge >= 0.3 is 0 Å². The Hall–Kier alpha value is -2.40. The second-order valence-corrected chi connectivity index (χ2v) is 6.12. The van der Waals surface area contributed by atoms with Gasteiger partial charge in [-0.15, -0.1) is 0 Å². The van der Waals surface area contributed by atoms with Crippen LogP contribution in [0.3, 0.4) is 0 Å². The first kappa shape index (κ1) is 18.9. The zero-order chi connectivity index (χ0) is 18.4. The lowest BCUT2D eigenvalue weighted by Crippen LogP contribution is -2.38. The molecule has 0 aliphatic rings. The highest BCUT2D eigenvalue weighted by Gasteiger charge is 2.15. The summed E-state index contributed by atoms with van der Waals surface area (Å²) in [4.78, 5) is 25.5. The molecule has 4 nitrogen and oxygen atoms in total. The Labute approximate surface area is 151 Å². The van der Waals surface area contributed by atoms with E-state index >= 15 is 0 Å². The third-order valence-corrected chi connectivity index (χ3v) is 4.25. The van der Waals surface area contributed by atoms with Gasteiger partial charge < -0.3 is 10.2 Å². The topological polar surface area (TPSA) is 49.4 Å². The van der Waals surface area contributed by atoms with Gasteiger partial charge in [0, 0.05) is 30.7 Å². The Bertz CT molecular complexity index is 763. The van der Waals surface area contributed by atoms with Gasteiger partial charge in [-0.05, 0) is 42.3 Å². The van der Waals surface area contributed by atoms with E-state index in [1.54, 1.807) is 29.2 Å². The summed E-state index contributed by atoms with van der Waals surface area (Å²) in [5.74, 6) is -0.644. The smallest absolute Gasteiger partial charge is 0.224 e. The van der Waals surface area contributed by atoms with Crippen molar-refractivity contribution in [3.05, 3.63) is 64.4 Å². The second kappa shape index (κ2) is 8.62. The van der Waals surface area contributed by atoms with Crippen molar-refractivity contribution in [3.63, 3.8) is 0 Å². The van der Waals surface area contributed by atoms with Crippen LogP contribution in [0, 0.1) is 12.7 Å². The van der Waals surface area contributed by atoms with Crippen molar-refractivity contribution in [3.8, 4) is 0 Å². The minimum atomic E-state index is -0.335. The predicted octanol–water partition coefficient (Wildman–Crippen LogP) is 3.50. The van der Waals surface area contributed by atoms with Crippen LogP contribution in [0.25, 0.3) is 0 Å². The molecule has 2 amide bonds. The minimum absolute atomic E-state index is 0.127. The molecular formula is C19H20ClFN2O2. The average molecular weight is 363 g/mol. The number of nitrogens with one attached hydrogen (secondary N) is 1. The van der Waals surface area contributed by atoms with Gasteiger partial charge in [0.25, 0.3) is 0 Å². The summed E-state index contributed by atoms with van der Waals surface area (Å²) in [6.07, 6.45) is 0.163. The summed E-state index contributed by atoms with van der Waals surface area (Å²) >= 11 is 6.11. The first-order valence-corrected chi connectivity index (χ1v) is 8.30. The molecule has 0 aromatic heterocycles. The monoisotopic (exact) mass is 362 g/mol. The summed E-state index contributed by atoms with van der Waals surface area (Å²) < 4.78 is 12.9. The molecule has 0 heterocycles. The standard InChI is InChI=1S/C19H20ClFN2O2/c1-13-17(20)4-3-5-18(13)23(14(2)24)11-10-22-19(25)12-15-6-8-16(21)9-7-15/h3-9H,10-12H2,1-2H3,(H,22,25). The fourth-order valence-corrected chi connectivity index (χ4v) is 2.66. The average Bonchev–Trinajstić information content (AvgIpc) is 2.56. The molecule has 0 bridgehead atoms. The lowest BCUT2D eigenvalue weighted by Gasteiger charge is -2.23. The highest BCUT2D eigenvalue weighted by Crippen LogP contribution is 2.26. The lowest BCUT2D eigenvalue weighted by molar-refractivity contribution is -0.121. The molecule has 0 saturated carbocycles. The number of halogens is 2. The van der Waals surface area contributed by atoms with Crippen LogP contribution in [0.15, 0.2) is 42.5 Å². The number of benzene rings is 2. The maximum absolute atomic E-state index is 12.9. The molecule has 0 radical (unpaired) electrons. The van der Waals surface area contributed by atoms with Crippen molar-refractivity contribution in [2.45, 2.75) is 20.3 Å². The van der Waals surface area contributed by atoms with E-state index in [-0.39, 0.29) is 24.1 Å². The molecule has 25 heavy (non-hydrogen) atoms. The number of anilines is 1. The van der Waals surface area contributed by atoms with Crippen LogP contribution in [0.1, 0.15) is 18.1 Å². The molecule has 132 valence electrons. The number of rotatable bonds is 6. The number of nitrogens with zero attached hydrogens (tertiary/aromatic N) is 1. The first-order chi connectivity index (χ1) is 11.9. The summed E-state index contributed by atoms with van der Waals surface area (Å²) in [6, 6.07) is 11.2. The summed E-state index contributed by atoms with van der Waals surface area (Å²) in [7, 11) is 0. The predicted molar refractivity (Wildman–Crippen MR) is 97.3 cm³/mol. The van der Waals surface area contributed by atoms with Crippen molar-refractivity contribution in [1.82, 2.24) is 5.32 Å². The Kier molecular flexibility index (Phi) is 6.53. The van der Waals surface area contributed by atoms with Gasteiger partial charge in [0.2, 0.25) is 11.8 Å². The molecule has 1 N–H and O–H groups in total. The van der Waals surface area contributed by atoms with Crippen molar-refractivity contribution in [2.75, 3.05) is 18.0 Å². The molecule has 0 unspecified atom stereocenters. The fourth-order valence-electron chi connectivity index (χ4n) is 2.49. The highest BCUT2D eigenvalue weighted by atomic mass is 35.5. The van der Waals surface area contributed by atoms with Gasteiger partial charge in [-0.25, -0.2) is 4.39 Å². The van der Waals surface area contributed by atoms with Crippen LogP contribution in [0.4, 0.5) is 10.1 Å². The SMILES string of the molecule is CC(=O)N(CCNC(=O)Cc1ccc(F)cc1)c1cccc(Cl)c1C. The molecule has 0 fully saturated rings. The number of hydrogen-bond donors (Lipinski definition) is 1. The molecule has 0 atom stereocenters. The maximum atomic E-state index is 12.9. The maximum Gasteiger partial charge on any atom is 0.224 e. The van der Waals surface area contributed by atoms with Crippen LogP contribution in [0.2, 0.25) is 5.02 Å². The van der Waals surface area contributed by atoms with Gasteiger partial charge in [-0.3, -0.25) is 9.59 Å². The zero-order valence-electron chi connectivity index (χ0n) is 14.2. The molecule has 0 spiro atoms. The van der Waals surface area contributed by atoms with Crippen molar-refractivity contribution >= 4 is 29.1 Å². The van der Waals surface area contributed by atoms with E-state index < -0.39 is 0 Å². The number of carbonyl (C=O) groups excluding carboxylic acids is 2. The van der Waals surface area contributed by atoms with Gasteiger partial charge in [0.15, 0.2) is 0 Å². The molecular weight excluding hydrogens is 343 g/mol.